The molecule has 0 fully saturated rings. The lowest BCUT2D eigenvalue weighted by Gasteiger charge is -2.40. The van der Waals surface area contributed by atoms with Gasteiger partial charge in [0.05, 0.1) is 0 Å². The van der Waals surface area contributed by atoms with Gasteiger partial charge in [-0.25, -0.2) is 0 Å². The molecule has 1 unspecified atom stereocenters. The van der Waals surface area contributed by atoms with E-state index < -0.39 is 0 Å². The molecule has 1 rings (SSSR count). The van der Waals surface area contributed by atoms with Gasteiger partial charge in [0.25, 0.3) is 0 Å². The molecule has 0 aromatic heterocycles. The second-order valence-corrected chi connectivity index (χ2v) is 6.83. The Morgan fingerprint density at radius 3 is 1.75 bits per heavy atom. The number of hydrogen-bond acceptors (Lipinski definition) is 3. The van der Waals surface area contributed by atoms with E-state index in [9.17, 15) is 15.3 Å². The number of hydrogen-bond donors (Lipinski definition) is 3. The average Bonchev–Trinajstić information content (AvgIpc) is 2.64. The molecule has 138 valence electrons. The van der Waals surface area contributed by atoms with E-state index in [1.807, 2.05) is 30.3 Å². The van der Waals surface area contributed by atoms with Crippen molar-refractivity contribution < 1.29 is 19.8 Å². The van der Waals surface area contributed by atoms with E-state index in [4.69, 9.17) is 0 Å². The minimum absolute atomic E-state index is 0.0775. The van der Waals surface area contributed by atoms with E-state index in [1.165, 1.54) is 38.5 Å². The first-order valence-corrected chi connectivity index (χ1v) is 9.47. The van der Waals surface area contributed by atoms with Crippen LogP contribution in [0.25, 0.3) is 0 Å². The van der Waals surface area contributed by atoms with Crippen LogP contribution in [0.1, 0.15) is 76.3 Å². The first-order chi connectivity index (χ1) is 11.7. The van der Waals surface area contributed by atoms with Crippen LogP contribution in [0.15, 0.2) is 30.3 Å². The molecule has 4 heteroatoms. The van der Waals surface area contributed by atoms with Gasteiger partial charge in [-0.1, -0.05) is 82.2 Å². The van der Waals surface area contributed by atoms with Gasteiger partial charge in [-0.05, 0) is 6.42 Å². The SMILES string of the molecule is CCCCCCCCCCC(c1ccccc1)[N+](CO)(CO)CO. The van der Waals surface area contributed by atoms with Crippen molar-refractivity contribution in [2.45, 2.75) is 70.8 Å². The van der Waals surface area contributed by atoms with Gasteiger partial charge in [0.1, 0.15) is 6.04 Å². The first kappa shape index (κ1) is 21.1. The molecule has 0 radical (unpaired) electrons. The molecule has 0 saturated heterocycles. The summed E-state index contributed by atoms with van der Waals surface area (Å²) in [5.41, 5.74) is 1.07. The van der Waals surface area contributed by atoms with Gasteiger partial charge in [-0.3, -0.25) is 4.48 Å². The summed E-state index contributed by atoms with van der Waals surface area (Å²) in [6, 6.07) is 9.86. The Hall–Kier alpha value is -0.940. The molecule has 1 aromatic carbocycles. The zero-order chi connectivity index (χ0) is 17.7. The van der Waals surface area contributed by atoms with Crippen LogP contribution in [-0.4, -0.2) is 40.0 Å². The van der Waals surface area contributed by atoms with E-state index in [-0.39, 0.29) is 30.7 Å². The van der Waals surface area contributed by atoms with Crippen molar-refractivity contribution in [3.05, 3.63) is 35.9 Å². The number of aliphatic hydroxyl groups excluding tert-OH is 3. The number of benzene rings is 1. The van der Waals surface area contributed by atoms with Crippen LogP contribution in [0, 0.1) is 0 Å². The second kappa shape index (κ2) is 12.4. The molecule has 3 N–H and O–H groups in total. The van der Waals surface area contributed by atoms with E-state index in [2.05, 4.69) is 6.92 Å². The molecule has 1 aromatic rings. The van der Waals surface area contributed by atoms with Gasteiger partial charge >= 0.3 is 0 Å². The lowest BCUT2D eigenvalue weighted by molar-refractivity contribution is -1.00. The van der Waals surface area contributed by atoms with Gasteiger partial charge < -0.3 is 15.3 Å². The molecule has 0 spiro atoms. The maximum atomic E-state index is 9.78. The summed E-state index contributed by atoms with van der Waals surface area (Å²) in [7, 11) is 0. The molecule has 0 amide bonds. The quantitative estimate of drug-likeness (QED) is 0.274. The predicted octanol–water partition coefficient (Wildman–Crippen LogP) is 3.92. The summed E-state index contributed by atoms with van der Waals surface area (Å²) in [6.45, 7) is 1.45. The van der Waals surface area contributed by atoms with E-state index >= 15 is 0 Å². The topological polar surface area (TPSA) is 60.7 Å². The zero-order valence-corrected chi connectivity index (χ0v) is 15.2. The Morgan fingerprint density at radius 2 is 1.25 bits per heavy atom. The molecule has 0 aliphatic rings. The number of nitrogens with zero attached hydrogens (tertiary/aromatic N) is 1. The molecule has 0 bridgehead atoms. The third-order valence-electron chi connectivity index (χ3n) is 5.02. The Morgan fingerprint density at radius 1 is 0.750 bits per heavy atom. The number of aliphatic hydroxyl groups is 3. The fourth-order valence-corrected chi connectivity index (χ4v) is 3.33. The Balaban J connectivity index is 2.55. The summed E-state index contributed by atoms with van der Waals surface area (Å²) in [6.07, 6.45) is 10.9. The average molecular weight is 339 g/mol. The highest BCUT2D eigenvalue weighted by Gasteiger charge is 2.36. The predicted molar refractivity (Wildman–Crippen MR) is 97.9 cm³/mol. The fourth-order valence-electron chi connectivity index (χ4n) is 3.33. The Kier molecular flexibility index (Phi) is 10.9. The standard InChI is InChI=1S/C20H36NO3/c1-2-3-4-5-6-7-8-12-15-20(19-13-10-9-11-14-19)21(16-22,17-23)18-24/h9-11,13-14,20,22-24H,2-8,12,15-18H2,1H3/q+1. The third-order valence-corrected chi connectivity index (χ3v) is 5.02. The van der Waals surface area contributed by atoms with Crippen molar-refractivity contribution in [2.75, 3.05) is 20.2 Å². The van der Waals surface area contributed by atoms with Crippen molar-refractivity contribution in [1.29, 1.82) is 0 Å². The zero-order valence-electron chi connectivity index (χ0n) is 15.2. The molecular weight excluding hydrogens is 302 g/mol. The summed E-state index contributed by atoms with van der Waals surface area (Å²) in [4.78, 5) is 0. The Bertz CT molecular complexity index is 398. The third kappa shape index (κ3) is 6.52. The minimum atomic E-state index is -0.260. The largest absolute Gasteiger partial charge is 0.347 e. The van der Waals surface area contributed by atoms with E-state index in [0.29, 0.717) is 0 Å². The number of unbranched alkanes of at least 4 members (excludes halogenated alkanes) is 7. The number of quaternary nitrogens is 1. The highest BCUT2D eigenvalue weighted by Crippen LogP contribution is 2.32. The van der Waals surface area contributed by atoms with Crippen LogP contribution < -0.4 is 0 Å². The van der Waals surface area contributed by atoms with Crippen LogP contribution in [0.3, 0.4) is 0 Å². The lowest BCUT2D eigenvalue weighted by Crippen LogP contribution is -2.52. The van der Waals surface area contributed by atoms with Crippen LogP contribution in [0.4, 0.5) is 0 Å². The molecule has 0 saturated carbocycles. The lowest BCUT2D eigenvalue weighted by atomic mass is 9.97. The smallest absolute Gasteiger partial charge is 0.184 e. The maximum absolute atomic E-state index is 9.78. The minimum Gasteiger partial charge on any atom is -0.347 e. The normalized spacial score (nSPS) is 13.2. The van der Waals surface area contributed by atoms with E-state index in [1.54, 1.807) is 0 Å². The van der Waals surface area contributed by atoms with Gasteiger partial charge in [0, 0.05) is 12.0 Å². The van der Waals surface area contributed by atoms with Crippen molar-refractivity contribution in [1.82, 2.24) is 0 Å². The molecule has 0 aliphatic carbocycles. The summed E-state index contributed by atoms with van der Waals surface area (Å²) in [5.74, 6) is 0. The van der Waals surface area contributed by atoms with Crippen LogP contribution in [0.2, 0.25) is 0 Å². The molecule has 1 atom stereocenters. The van der Waals surface area contributed by atoms with Gasteiger partial charge in [0.2, 0.25) is 0 Å². The maximum Gasteiger partial charge on any atom is 0.184 e. The highest BCUT2D eigenvalue weighted by atomic mass is 16.3. The molecule has 4 nitrogen and oxygen atoms in total. The molecular formula is C20H36NO3+. The van der Waals surface area contributed by atoms with Crippen molar-refractivity contribution in [3.8, 4) is 0 Å². The second-order valence-electron chi connectivity index (χ2n) is 6.83. The monoisotopic (exact) mass is 338 g/mol. The highest BCUT2D eigenvalue weighted by molar-refractivity contribution is 5.17. The molecule has 24 heavy (non-hydrogen) atoms. The van der Waals surface area contributed by atoms with E-state index in [0.717, 1.165) is 24.8 Å². The Labute approximate surface area is 147 Å². The van der Waals surface area contributed by atoms with Crippen molar-refractivity contribution >= 4 is 0 Å². The van der Waals surface area contributed by atoms with Crippen LogP contribution in [0.5, 0.6) is 0 Å². The molecule has 0 heterocycles. The molecule has 0 aliphatic heterocycles. The summed E-state index contributed by atoms with van der Waals surface area (Å²) in [5, 5.41) is 29.4. The number of rotatable bonds is 14. The fraction of sp³-hybridized carbons (Fsp3) is 0.700. The first-order valence-electron chi connectivity index (χ1n) is 9.47. The van der Waals surface area contributed by atoms with Gasteiger partial charge in [-0.2, -0.15) is 0 Å². The van der Waals surface area contributed by atoms with Gasteiger partial charge in [-0.15, -0.1) is 0 Å². The van der Waals surface area contributed by atoms with Gasteiger partial charge in [0.15, 0.2) is 20.2 Å². The summed E-state index contributed by atoms with van der Waals surface area (Å²) >= 11 is 0. The van der Waals surface area contributed by atoms with Crippen LogP contribution >= 0.6 is 0 Å². The van der Waals surface area contributed by atoms with Crippen LogP contribution in [-0.2, 0) is 0 Å². The summed E-state index contributed by atoms with van der Waals surface area (Å²) < 4.78 is -0.0967. The van der Waals surface area contributed by atoms with Crippen molar-refractivity contribution in [2.24, 2.45) is 0 Å². The van der Waals surface area contributed by atoms with Crippen molar-refractivity contribution in [3.63, 3.8) is 0 Å².